The van der Waals surface area contributed by atoms with E-state index in [0.29, 0.717) is 35.7 Å². The maximum atomic E-state index is 13.1. The number of hydrogen-bond acceptors (Lipinski definition) is 7. The Morgan fingerprint density at radius 3 is 2.74 bits per heavy atom. The van der Waals surface area contributed by atoms with Crippen LogP contribution < -0.4 is 5.56 Å². The van der Waals surface area contributed by atoms with Gasteiger partial charge in [0.1, 0.15) is 16.4 Å². The Labute approximate surface area is 203 Å². The number of aliphatic hydroxyl groups is 1. The predicted molar refractivity (Wildman–Crippen MR) is 135 cm³/mol. The summed E-state index contributed by atoms with van der Waals surface area (Å²) in [5.41, 5.74) is 4.12. The Kier molecular flexibility index (Phi) is 7.63. The summed E-state index contributed by atoms with van der Waals surface area (Å²) in [6, 6.07) is 9.96. The first-order valence-electron chi connectivity index (χ1n) is 11.4. The number of H-pyrrole nitrogens is 1. The van der Waals surface area contributed by atoms with Gasteiger partial charge in [-0.05, 0) is 51.0 Å². The molecule has 34 heavy (non-hydrogen) atoms. The van der Waals surface area contributed by atoms with Gasteiger partial charge in [-0.2, -0.15) is 0 Å². The van der Waals surface area contributed by atoms with E-state index < -0.39 is 6.10 Å². The van der Waals surface area contributed by atoms with Gasteiger partial charge in [-0.15, -0.1) is 11.3 Å². The van der Waals surface area contributed by atoms with Crippen LogP contribution in [0.15, 0.2) is 51.2 Å². The van der Waals surface area contributed by atoms with E-state index in [2.05, 4.69) is 37.0 Å². The summed E-state index contributed by atoms with van der Waals surface area (Å²) >= 11 is 1.47. The third-order valence-electron chi connectivity index (χ3n) is 5.59. The molecule has 0 bridgehead atoms. The molecule has 0 spiro atoms. The lowest BCUT2D eigenvalue weighted by molar-refractivity contribution is -0.0117. The van der Waals surface area contributed by atoms with Crippen molar-refractivity contribution in [3.05, 3.63) is 75.0 Å². The molecule has 0 saturated carbocycles. The molecule has 7 nitrogen and oxygen atoms in total. The van der Waals surface area contributed by atoms with Gasteiger partial charge < -0.3 is 19.2 Å². The predicted octanol–water partition coefficient (Wildman–Crippen LogP) is 4.65. The van der Waals surface area contributed by atoms with Crippen LogP contribution in [-0.4, -0.2) is 45.3 Å². The second kappa shape index (κ2) is 10.7. The van der Waals surface area contributed by atoms with Gasteiger partial charge in [-0.3, -0.25) is 9.69 Å². The summed E-state index contributed by atoms with van der Waals surface area (Å²) in [6.45, 7) is 9.42. The van der Waals surface area contributed by atoms with Gasteiger partial charge in [-0.25, -0.2) is 4.98 Å². The lowest BCUT2D eigenvalue weighted by Crippen LogP contribution is -2.35. The molecule has 4 aromatic rings. The number of aromatic nitrogens is 2. The van der Waals surface area contributed by atoms with E-state index >= 15 is 0 Å². The lowest BCUT2D eigenvalue weighted by Gasteiger charge is -2.24. The number of aromatic amines is 1. The van der Waals surface area contributed by atoms with Crippen molar-refractivity contribution < 1.29 is 14.3 Å². The topological polar surface area (TPSA) is 91.6 Å². The lowest BCUT2D eigenvalue weighted by atomic mass is 9.99. The minimum absolute atomic E-state index is 0.0405. The van der Waals surface area contributed by atoms with E-state index in [9.17, 15) is 9.90 Å². The molecule has 180 valence electrons. The van der Waals surface area contributed by atoms with Gasteiger partial charge in [0.05, 0.1) is 43.6 Å². The molecule has 0 radical (unpaired) electrons. The Morgan fingerprint density at radius 1 is 1.21 bits per heavy atom. The molecule has 1 unspecified atom stereocenters. The molecular formula is C26H31N3O4S. The fourth-order valence-electron chi connectivity index (χ4n) is 4.06. The van der Waals surface area contributed by atoms with Crippen molar-refractivity contribution in [2.45, 2.75) is 53.0 Å². The van der Waals surface area contributed by atoms with Gasteiger partial charge >= 0.3 is 0 Å². The van der Waals surface area contributed by atoms with Crippen LogP contribution in [0.5, 0.6) is 0 Å². The maximum Gasteiger partial charge on any atom is 0.260 e. The second-order valence-corrected chi connectivity index (χ2v) is 9.80. The zero-order valence-electron chi connectivity index (χ0n) is 20.0. The van der Waals surface area contributed by atoms with Gasteiger partial charge in [0.15, 0.2) is 0 Å². The molecule has 0 aliphatic carbocycles. The summed E-state index contributed by atoms with van der Waals surface area (Å²) in [4.78, 5) is 23.6. The first-order chi connectivity index (χ1) is 16.3. The second-order valence-electron chi connectivity index (χ2n) is 8.95. The smallest absolute Gasteiger partial charge is 0.260 e. The first-order valence-corrected chi connectivity index (χ1v) is 12.3. The van der Waals surface area contributed by atoms with Crippen LogP contribution in [0.1, 0.15) is 36.6 Å². The number of aryl methyl sites for hydroxylation is 2. The van der Waals surface area contributed by atoms with Crippen LogP contribution in [0.4, 0.5) is 0 Å². The average molecular weight is 482 g/mol. The summed E-state index contributed by atoms with van der Waals surface area (Å²) in [7, 11) is 0. The number of benzene rings is 1. The SMILES string of the molecule is Cc1ccc(-c2csc3nc(CN(Cc4ccco4)CC(O)COC(C)C)[nH]c(=O)c23)c(C)c1. The van der Waals surface area contributed by atoms with Crippen LogP contribution in [0, 0.1) is 13.8 Å². The molecule has 3 heterocycles. The molecular weight excluding hydrogens is 450 g/mol. The van der Waals surface area contributed by atoms with Crippen molar-refractivity contribution in [1.82, 2.24) is 14.9 Å². The zero-order chi connectivity index (χ0) is 24.2. The molecule has 1 aromatic carbocycles. The van der Waals surface area contributed by atoms with E-state index in [4.69, 9.17) is 14.1 Å². The molecule has 0 aliphatic rings. The minimum Gasteiger partial charge on any atom is -0.468 e. The molecule has 0 aliphatic heterocycles. The third-order valence-corrected chi connectivity index (χ3v) is 6.46. The minimum atomic E-state index is -0.675. The number of ether oxygens (including phenoxy) is 1. The van der Waals surface area contributed by atoms with Gasteiger partial charge in [0, 0.05) is 17.5 Å². The van der Waals surface area contributed by atoms with E-state index in [-0.39, 0.29) is 18.3 Å². The molecule has 0 saturated heterocycles. The molecule has 4 rings (SSSR count). The number of hydrogen-bond donors (Lipinski definition) is 2. The van der Waals surface area contributed by atoms with Crippen molar-refractivity contribution in [1.29, 1.82) is 0 Å². The van der Waals surface area contributed by atoms with Gasteiger partial charge in [0.25, 0.3) is 5.56 Å². The molecule has 2 N–H and O–H groups in total. The third kappa shape index (κ3) is 5.82. The number of nitrogens with zero attached hydrogens (tertiary/aromatic N) is 2. The number of furan rings is 1. The van der Waals surface area contributed by atoms with Crippen molar-refractivity contribution in [2.24, 2.45) is 0 Å². The van der Waals surface area contributed by atoms with Crippen molar-refractivity contribution >= 4 is 21.6 Å². The summed E-state index contributed by atoms with van der Waals surface area (Å²) < 4.78 is 11.1. The number of rotatable bonds is 10. The van der Waals surface area contributed by atoms with E-state index in [1.165, 1.54) is 16.9 Å². The number of nitrogens with one attached hydrogen (secondary N) is 1. The van der Waals surface area contributed by atoms with Crippen molar-refractivity contribution in [3.63, 3.8) is 0 Å². The standard InChI is InChI=1S/C26H31N3O4S/c1-16(2)33-14-19(30)11-29(12-20-6-5-9-32-20)13-23-27-25(31)24-22(15-34-26(24)28-23)21-8-7-17(3)10-18(21)4/h5-10,15-16,19,30H,11-14H2,1-4H3,(H,27,28,31). The fraction of sp³-hybridized carbons (Fsp3) is 0.385. The molecule has 1 atom stereocenters. The Bertz CT molecular complexity index is 1290. The molecule has 0 amide bonds. The van der Waals surface area contributed by atoms with Crippen molar-refractivity contribution in [2.75, 3.05) is 13.2 Å². The number of fused-ring (bicyclic) bond motifs is 1. The van der Waals surface area contributed by atoms with Crippen LogP contribution in [0.3, 0.4) is 0 Å². The summed E-state index contributed by atoms with van der Waals surface area (Å²) in [6.07, 6.45) is 0.988. The maximum absolute atomic E-state index is 13.1. The van der Waals surface area contributed by atoms with Gasteiger partial charge in [-0.1, -0.05) is 23.8 Å². The Balaban J connectivity index is 1.60. The monoisotopic (exact) mass is 481 g/mol. The van der Waals surface area contributed by atoms with E-state index in [1.54, 1.807) is 6.26 Å². The van der Waals surface area contributed by atoms with Crippen LogP contribution in [0.25, 0.3) is 21.3 Å². The summed E-state index contributed by atoms with van der Waals surface area (Å²) in [5, 5.41) is 13.1. The summed E-state index contributed by atoms with van der Waals surface area (Å²) in [5.74, 6) is 1.32. The van der Waals surface area contributed by atoms with E-state index in [0.717, 1.165) is 22.5 Å². The number of thiophene rings is 1. The van der Waals surface area contributed by atoms with Crippen LogP contribution in [-0.2, 0) is 17.8 Å². The molecule has 8 heteroatoms. The highest BCUT2D eigenvalue weighted by Gasteiger charge is 2.19. The Morgan fingerprint density at radius 2 is 2.03 bits per heavy atom. The highest BCUT2D eigenvalue weighted by molar-refractivity contribution is 7.17. The van der Waals surface area contributed by atoms with Crippen LogP contribution >= 0.6 is 11.3 Å². The van der Waals surface area contributed by atoms with E-state index in [1.807, 2.05) is 36.3 Å². The Hall–Kier alpha value is -2.78. The highest BCUT2D eigenvalue weighted by Crippen LogP contribution is 2.33. The molecule has 3 aromatic heterocycles. The normalized spacial score (nSPS) is 12.8. The van der Waals surface area contributed by atoms with Crippen molar-refractivity contribution in [3.8, 4) is 11.1 Å². The number of aliphatic hydroxyl groups excluding tert-OH is 1. The fourth-order valence-corrected chi connectivity index (χ4v) is 5.01. The highest BCUT2D eigenvalue weighted by atomic mass is 32.1. The van der Waals surface area contributed by atoms with Gasteiger partial charge in [0.2, 0.25) is 0 Å². The average Bonchev–Trinajstić information content (AvgIpc) is 3.42. The largest absolute Gasteiger partial charge is 0.468 e. The molecule has 0 fully saturated rings. The van der Waals surface area contributed by atoms with Crippen LogP contribution in [0.2, 0.25) is 0 Å². The quantitative estimate of drug-likeness (QED) is 0.343. The first kappa shape index (κ1) is 24.3. The zero-order valence-corrected chi connectivity index (χ0v) is 20.8.